The van der Waals surface area contributed by atoms with Gasteiger partial charge >= 0.3 is 5.97 Å². The summed E-state index contributed by atoms with van der Waals surface area (Å²) in [6.45, 7) is 12.6. The number of nitrogens with zero attached hydrogens (tertiary/aromatic N) is 3. The van der Waals surface area contributed by atoms with Crippen molar-refractivity contribution in [3.63, 3.8) is 0 Å². The highest BCUT2D eigenvalue weighted by Gasteiger charge is 2.49. The van der Waals surface area contributed by atoms with Gasteiger partial charge in [-0.15, -0.1) is 6.58 Å². The Hall–Kier alpha value is -5.47. The van der Waals surface area contributed by atoms with E-state index in [1.54, 1.807) is 71.0 Å². The molecule has 1 fully saturated rings. The lowest BCUT2D eigenvalue weighted by molar-refractivity contribution is -0.157. The standard InChI is InChI=1S/C37H49N7O8/c1-7-12-24-20-44(36(50)29(22(5)6)43-33(47)28(21(3)4)42-32(46)27-19-38-16-17-39-27)30(24)34(48)40-25(13-8-2)31(45)35(49)41-26(37(51)52)18-23-14-10-9-11-15-23/h7,9-11,14-17,19,21-22,24-26,28-30H,1,8,12-13,18,20H2,2-6H3,(H,40,48)(H,41,49)(H,42,46)(H,43,47)(H,51,52)/t24?,25?,26-,28-,29-,30-/m0/s1. The number of allylic oxidation sites excluding steroid dienone is 1. The number of nitrogens with one attached hydrogen (secondary N) is 4. The molecule has 0 aliphatic carbocycles. The molecule has 0 saturated carbocycles. The molecule has 280 valence electrons. The van der Waals surface area contributed by atoms with E-state index in [9.17, 15) is 38.7 Å². The zero-order valence-electron chi connectivity index (χ0n) is 30.2. The molecule has 3 rings (SSSR count). The number of carbonyl (C=O) groups excluding carboxylic acids is 6. The smallest absolute Gasteiger partial charge is 0.326 e. The lowest BCUT2D eigenvalue weighted by atomic mass is 9.83. The van der Waals surface area contributed by atoms with Crippen molar-refractivity contribution in [1.82, 2.24) is 36.1 Å². The minimum Gasteiger partial charge on any atom is -0.480 e. The first-order valence-corrected chi connectivity index (χ1v) is 17.4. The molecule has 0 bridgehead atoms. The van der Waals surface area contributed by atoms with Crippen LogP contribution in [-0.4, -0.2) is 98.0 Å². The first-order valence-electron chi connectivity index (χ1n) is 17.4. The second-order valence-corrected chi connectivity index (χ2v) is 13.5. The highest BCUT2D eigenvalue weighted by atomic mass is 16.4. The van der Waals surface area contributed by atoms with Crippen molar-refractivity contribution in [3.05, 3.63) is 72.8 Å². The summed E-state index contributed by atoms with van der Waals surface area (Å²) in [6.07, 6.45) is 6.46. The molecular formula is C37H49N7O8. The molecule has 0 radical (unpaired) electrons. The Morgan fingerprint density at radius 1 is 0.923 bits per heavy atom. The molecule has 1 aliphatic rings. The topological polar surface area (TPSA) is 217 Å². The maximum absolute atomic E-state index is 14.0. The molecule has 1 saturated heterocycles. The number of likely N-dealkylation sites (tertiary alicyclic amines) is 1. The lowest BCUT2D eigenvalue weighted by Gasteiger charge is -2.48. The van der Waals surface area contributed by atoms with Crippen LogP contribution in [0.15, 0.2) is 61.6 Å². The quantitative estimate of drug-likeness (QED) is 0.104. The fraction of sp³-hybridized carbons (Fsp3) is 0.486. The number of carbonyl (C=O) groups is 7. The third-order valence-electron chi connectivity index (χ3n) is 8.82. The first-order chi connectivity index (χ1) is 24.7. The summed E-state index contributed by atoms with van der Waals surface area (Å²) in [7, 11) is 0. The molecule has 0 spiro atoms. The monoisotopic (exact) mass is 719 g/mol. The van der Waals surface area contributed by atoms with Crippen LogP contribution in [-0.2, 0) is 35.2 Å². The van der Waals surface area contributed by atoms with Gasteiger partial charge in [0.05, 0.1) is 12.2 Å². The number of benzene rings is 1. The third-order valence-corrected chi connectivity index (χ3v) is 8.82. The fourth-order valence-electron chi connectivity index (χ4n) is 5.94. The average Bonchev–Trinajstić information content (AvgIpc) is 3.10. The summed E-state index contributed by atoms with van der Waals surface area (Å²) < 4.78 is 0. The summed E-state index contributed by atoms with van der Waals surface area (Å²) in [5.41, 5.74) is 0.665. The van der Waals surface area contributed by atoms with E-state index >= 15 is 0 Å². The van der Waals surface area contributed by atoms with Crippen LogP contribution in [0.5, 0.6) is 0 Å². The maximum atomic E-state index is 14.0. The van der Waals surface area contributed by atoms with E-state index in [-0.39, 0.29) is 36.9 Å². The number of Topliss-reactive ketones (excluding diaryl/α,β-unsaturated/α-hetero) is 1. The number of amides is 5. The second kappa shape index (κ2) is 19.2. The molecule has 5 amide bonds. The number of ketones is 1. The summed E-state index contributed by atoms with van der Waals surface area (Å²) in [5, 5.41) is 20.1. The molecule has 1 aliphatic heterocycles. The minimum absolute atomic E-state index is 0.0198. The summed E-state index contributed by atoms with van der Waals surface area (Å²) >= 11 is 0. The first kappa shape index (κ1) is 41.0. The molecule has 2 unspecified atom stereocenters. The Kier molecular flexibility index (Phi) is 15.1. The second-order valence-electron chi connectivity index (χ2n) is 13.5. The van der Waals surface area contributed by atoms with E-state index in [0.717, 1.165) is 0 Å². The predicted octanol–water partition coefficient (Wildman–Crippen LogP) is 1.44. The number of carboxylic acids is 1. The molecule has 1 aromatic carbocycles. The number of carboxylic acid groups (broad SMARTS) is 1. The molecule has 5 N–H and O–H groups in total. The van der Waals surface area contributed by atoms with Crippen molar-refractivity contribution in [3.8, 4) is 0 Å². The van der Waals surface area contributed by atoms with Crippen molar-refractivity contribution < 1.29 is 38.7 Å². The van der Waals surface area contributed by atoms with E-state index in [0.29, 0.717) is 18.4 Å². The van der Waals surface area contributed by atoms with Crippen molar-refractivity contribution in [2.75, 3.05) is 6.54 Å². The molecular weight excluding hydrogens is 670 g/mol. The van der Waals surface area contributed by atoms with Gasteiger partial charge in [-0.25, -0.2) is 9.78 Å². The maximum Gasteiger partial charge on any atom is 0.326 e. The van der Waals surface area contributed by atoms with Gasteiger partial charge in [0.1, 0.15) is 29.9 Å². The van der Waals surface area contributed by atoms with Gasteiger partial charge in [-0.3, -0.25) is 33.8 Å². The zero-order valence-corrected chi connectivity index (χ0v) is 30.2. The Bertz CT molecular complexity index is 1600. The number of hydrogen-bond donors (Lipinski definition) is 5. The third kappa shape index (κ3) is 10.8. The van der Waals surface area contributed by atoms with Crippen LogP contribution in [0.1, 0.15) is 69.9 Å². The molecule has 1 aromatic heterocycles. The van der Waals surface area contributed by atoms with Gasteiger partial charge in [-0.05, 0) is 30.2 Å². The number of hydrogen-bond acceptors (Lipinski definition) is 9. The van der Waals surface area contributed by atoms with Gasteiger partial charge in [0.15, 0.2) is 0 Å². The van der Waals surface area contributed by atoms with Crippen LogP contribution >= 0.6 is 0 Å². The van der Waals surface area contributed by atoms with Gasteiger partial charge in [0.25, 0.3) is 11.8 Å². The Morgan fingerprint density at radius 3 is 2.15 bits per heavy atom. The molecule has 15 heteroatoms. The van der Waals surface area contributed by atoms with E-state index in [4.69, 9.17) is 0 Å². The Morgan fingerprint density at radius 2 is 1.60 bits per heavy atom. The number of aliphatic carboxylic acids is 1. The molecule has 2 heterocycles. The van der Waals surface area contributed by atoms with Crippen LogP contribution < -0.4 is 21.3 Å². The van der Waals surface area contributed by atoms with Crippen LogP contribution in [0.3, 0.4) is 0 Å². The van der Waals surface area contributed by atoms with E-state index in [1.165, 1.54) is 23.5 Å². The van der Waals surface area contributed by atoms with E-state index < -0.39 is 77.4 Å². The molecule has 15 nitrogen and oxygen atoms in total. The number of rotatable bonds is 19. The van der Waals surface area contributed by atoms with Gasteiger partial charge in [0, 0.05) is 31.3 Å². The van der Waals surface area contributed by atoms with Crippen LogP contribution in [0.4, 0.5) is 0 Å². The van der Waals surface area contributed by atoms with Gasteiger partial charge in [-0.1, -0.05) is 77.4 Å². The average molecular weight is 720 g/mol. The molecule has 2 aromatic rings. The highest BCUT2D eigenvalue weighted by Crippen LogP contribution is 2.30. The largest absolute Gasteiger partial charge is 0.480 e. The van der Waals surface area contributed by atoms with E-state index in [1.807, 2.05) is 0 Å². The molecule has 52 heavy (non-hydrogen) atoms. The summed E-state index contributed by atoms with van der Waals surface area (Å²) in [5.74, 6) is -7.04. The summed E-state index contributed by atoms with van der Waals surface area (Å²) in [6, 6.07) is 2.83. The van der Waals surface area contributed by atoms with Crippen LogP contribution in [0.2, 0.25) is 0 Å². The van der Waals surface area contributed by atoms with Gasteiger partial charge in [0.2, 0.25) is 23.5 Å². The van der Waals surface area contributed by atoms with Crippen molar-refractivity contribution in [2.24, 2.45) is 17.8 Å². The predicted molar refractivity (Wildman–Crippen MR) is 190 cm³/mol. The van der Waals surface area contributed by atoms with Crippen LogP contribution in [0.25, 0.3) is 0 Å². The van der Waals surface area contributed by atoms with Crippen molar-refractivity contribution >= 4 is 41.3 Å². The lowest BCUT2D eigenvalue weighted by Crippen LogP contribution is -2.69. The normalized spacial score (nSPS) is 17.5. The number of aromatic nitrogens is 2. The Labute approximate surface area is 303 Å². The fourth-order valence-corrected chi connectivity index (χ4v) is 5.94. The van der Waals surface area contributed by atoms with Crippen molar-refractivity contribution in [2.45, 2.75) is 90.5 Å². The highest BCUT2D eigenvalue weighted by molar-refractivity contribution is 6.38. The van der Waals surface area contributed by atoms with E-state index in [2.05, 4.69) is 37.8 Å². The van der Waals surface area contributed by atoms with Gasteiger partial charge < -0.3 is 31.3 Å². The van der Waals surface area contributed by atoms with Crippen molar-refractivity contribution in [1.29, 1.82) is 0 Å². The van der Waals surface area contributed by atoms with Crippen LogP contribution in [0, 0.1) is 17.8 Å². The molecule has 6 atom stereocenters. The summed E-state index contributed by atoms with van der Waals surface area (Å²) in [4.78, 5) is 102. The Balaban J connectivity index is 1.75. The zero-order chi connectivity index (χ0) is 38.5. The minimum atomic E-state index is -1.38. The van der Waals surface area contributed by atoms with Gasteiger partial charge in [-0.2, -0.15) is 0 Å². The SMILES string of the molecule is C=CCC1CN(C(=O)[C@@H](NC(=O)[C@@H](NC(=O)c2cnccn2)C(C)C)C(C)C)[C@@H]1C(=O)NC(CCC)C(=O)C(=O)N[C@@H](Cc1ccccc1)C(=O)O.